The lowest BCUT2D eigenvalue weighted by atomic mass is 10.1. The molecule has 94 valence electrons. The van der Waals surface area contributed by atoms with E-state index in [-0.39, 0.29) is 0 Å². The summed E-state index contributed by atoms with van der Waals surface area (Å²) in [6, 6.07) is 14.1. The first-order valence-corrected chi connectivity index (χ1v) is 6.39. The fraction of sp³-hybridized carbons (Fsp3) is 0.200. The quantitative estimate of drug-likeness (QED) is 0.830. The summed E-state index contributed by atoms with van der Waals surface area (Å²) in [6.45, 7) is 4.95. The fourth-order valence-corrected chi connectivity index (χ4v) is 2.19. The number of aryl methyl sites for hydroxylation is 1. The van der Waals surface area contributed by atoms with Crippen LogP contribution in [-0.2, 0) is 0 Å². The van der Waals surface area contributed by atoms with Crippen LogP contribution in [-0.4, -0.2) is 6.54 Å². The van der Waals surface area contributed by atoms with Crippen molar-refractivity contribution in [3.05, 3.63) is 53.1 Å². The predicted octanol–water partition coefficient (Wildman–Crippen LogP) is 4.39. The molecule has 0 fully saturated rings. The van der Waals surface area contributed by atoms with Gasteiger partial charge in [0.1, 0.15) is 0 Å². The van der Waals surface area contributed by atoms with Gasteiger partial charge >= 0.3 is 0 Å². The van der Waals surface area contributed by atoms with Crippen LogP contribution < -0.4 is 10.6 Å². The Bertz CT molecular complexity index is 538. The molecule has 2 N–H and O–H groups in total. The van der Waals surface area contributed by atoms with E-state index in [9.17, 15) is 0 Å². The molecule has 0 atom stereocenters. The van der Waals surface area contributed by atoms with Crippen LogP contribution in [0, 0.1) is 6.92 Å². The van der Waals surface area contributed by atoms with Gasteiger partial charge < -0.3 is 10.6 Å². The third kappa shape index (κ3) is 2.44. The lowest BCUT2D eigenvalue weighted by Gasteiger charge is -2.25. The van der Waals surface area contributed by atoms with Crippen LogP contribution in [0.1, 0.15) is 12.5 Å². The molecule has 0 aromatic heterocycles. The fourth-order valence-electron chi connectivity index (χ4n) is 2.02. The van der Waals surface area contributed by atoms with E-state index < -0.39 is 0 Å². The second-order valence-corrected chi connectivity index (χ2v) is 4.65. The van der Waals surface area contributed by atoms with Crippen molar-refractivity contribution in [1.29, 1.82) is 0 Å². The number of nitrogens with zero attached hydrogens (tertiary/aromatic N) is 1. The standard InChI is InChI=1S/C15H17ClN2/c1-3-18(12-7-5-4-6-8-12)15-9-11(2)13(16)10-14(15)17/h4-10H,3,17H2,1-2H3. The van der Waals surface area contributed by atoms with Crippen LogP contribution in [0.5, 0.6) is 0 Å². The molecule has 0 unspecified atom stereocenters. The number of hydrogen-bond donors (Lipinski definition) is 1. The Morgan fingerprint density at radius 1 is 1.17 bits per heavy atom. The van der Waals surface area contributed by atoms with E-state index >= 15 is 0 Å². The first-order valence-electron chi connectivity index (χ1n) is 6.01. The van der Waals surface area contributed by atoms with Gasteiger partial charge in [0.15, 0.2) is 0 Å². The Hall–Kier alpha value is -1.67. The third-order valence-corrected chi connectivity index (χ3v) is 3.39. The molecule has 0 aliphatic heterocycles. The maximum atomic E-state index is 6.08. The SMILES string of the molecule is CCN(c1ccccc1)c1cc(C)c(Cl)cc1N. The zero-order valence-corrected chi connectivity index (χ0v) is 11.4. The minimum atomic E-state index is 0.705. The molecule has 0 radical (unpaired) electrons. The van der Waals surface area contributed by atoms with E-state index in [1.54, 1.807) is 0 Å². The summed E-state index contributed by atoms with van der Waals surface area (Å²) in [7, 11) is 0. The lowest BCUT2D eigenvalue weighted by molar-refractivity contribution is 1.02. The van der Waals surface area contributed by atoms with E-state index in [4.69, 9.17) is 17.3 Å². The van der Waals surface area contributed by atoms with Crippen molar-refractivity contribution in [2.75, 3.05) is 17.2 Å². The highest BCUT2D eigenvalue weighted by Gasteiger charge is 2.11. The summed E-state index contributed by atoms with van der Waals surface area (Å²) in [6.07, 6.45) is 0. The van der Waals surface area contributed by atoms with Gasteiger partial charge in [0.2, 0.25) is 0 Å². The molecule has 0 bridgehead atoms. The topological polar surface area (TPSA) is 29.3 Å². The van der Waals surface area contributed by atoms with Gasteiger partial charge in [-0.1, -0.05) is 29.8 Å². The Morgan fingerprint density at radius 2 is 1.83 bits per heavy atom. The number of benzene rings is 2. The van der Waals surface area contributed by atoms with Gasteiger partial charge in [-0.25, -0.2) is 0 Å². The molecule has 18 heavy (non-hydrogen) atoms. The molecule has 2 rings (SSSR count). The van der Waals surface area contributed by atoms with Crippen molar-refractivity contribution in [2.45, 2.75) is 13.8 Å². The molecule has 2 aromatic carbocycles. The van der Waals surface area contributed by atoms with Crippen LogP contribution in [0.3, 0.4) is 0 Å². The van der Waals surface area contributed by atoms with Crippen molar-refractivity contribution < 1.29 is 0 Å². The highest BCUT2D eigenvalue weighted by atomic mass is 35.5. The van der Waals surface area contributed by atoms with E-state index in [1.807, 2.05) is 37.3 Å². The monoisotopic (exact) mass is 260 g/mol. The minimum Gasteiger partial charge on any atom is -0.397 e. The number of para-hydroxylation sites is 1. The van der Waals surface area contributed by atoms with Gasteiger partial charge in [-0.15, -0.1) is 0 Å². The molecule has 0 amide bonds. The molecule has 0 spiro atoms. The number of nitrogen functional groups attached to an aromatic ring is 1. The molecule has 0 aliphatic rings. The number of anilines is 3. The second kappa shape index (κ2) is 5.32. The van der Waals surface area contributed by atoms with Crippen LogP contribution in [0.25, 0.3) is 0 Å². The molecule has 0 saturated carbocycles. The Labute approximate surface area is 113 Å². The minimum absolute atomic E-state index is 0.705. The number of hydrogen-bond acceptors (Lipinski definition) is 2. The van der Waals surface area contributed by atoms with E-state index in [1.165, 1.54) is 0 Å². The smallest absolute Gasteiger partial charge is 0.0648 e. The highest BCUT2D eigenvalue weighted by Crippen LogP contribution is 2.33. The van der Waals surface area contributed by atoms with E-state index in [0.29, 0.717) is 10.7 Å². The third-order valence-electron chi connectivity index (χ3n) is 2.98. The van der Waals surface area contributed by atoms with Gasteiger partial charge in [0.25, 0.3) is 0 Å². The lowest BCUT2D eigenvalue weighted by Crippen LogP contribution is -2.17. The molecule has 2 aromatic rings. The summed E-state index contributed by atoms with van der Waals surface area (Å²) < 4.78 is 0. The van der Waals surface area contributed by atoms with Crippen LogP contribution in [0.4, 0.5) is 17.1 Å². The number of nitrogens with two attached hydrogens (primary N) is 1. The zero-order chi connectivity index (χ0) is 13.1. The van der Waals surface area contributed by atoms with E-state index in [0.717, 1.165) is 23.5 Å². The van der Waals surface area contributed by atoms with Crippen molar-refractivity contribution in [3.63, 3.8) is 0 Å². The number of halogens is 1. The molecular weight excluding hydrogens is 244 g/mol. The van der Waals surface area contributed by atoms with Gasteiger partial charge in [0, 0.05) is 17.3 Å². The maximum Gasteiger partial charge on any atom is 0.0648 e. The second-order valence-electron chi connectivity index (χ2n) is 4.24. The molecule has 0 heterocycles. The van der Waals surface area contributed by atoms with Gasteiger partial charge in [-0.2, -0.15) is 0 Å². The van der Waals surface area contributed by atoms with Crippen molar-refractivity contribution >= 4 is 28.7 Å². The Kier molecular flexibility index (Phi) is 3.78. The summed E-state index contributed by atoms with van der Waals surface area (Å²) in [4.78, 5) is 2.18. The van der Waals surface area contributed by atoms with Gasteiger partial charge in [0.05, 0.1) is 11.4 Å². The molecule has 0 aliphatic carbocycles. The molecule has 3 heteroatoms. The average Bonchev–Trinajstić information content (AvgIpc) is 2.38. The van der Waals surface area contributed by atoms with E-state index in [2.05, 4.69) is 24.0 Å². The average molecular weight is 261 g/mol. The summed E-state index contributed by atoms with van der Waals surface area (Å²) in [5.74, 6) is 0. The first kappa shape index (κ1) is 12.8. The number of rotatable bonds is 3. The highest BCUT2D eigenvalue weighted by molar-refractivity contribution is 6.31. The Balaban J connectivity index is 2.49. The van der Waals surface area contributed by atoms with Crippen molar-refractivity contribution in [3.8, 4) is 0 Å². The van der Waals surface area contributed by atoms with Crippen LogP contribution in [0.2, 0.25) is 5.02 Å². The van der Waals surface area contributed by atoms with Crippen molar-refractivity contribution in [2.24, 2.45) is 0 Å². The molecular formula is C15H17ClN2. The molecule has 0 saturated heterocycles. The Morgan fingerprint density at radius 3 is 2.44 bits per heavy atom. The largest absolute Gasteiger partial charge is 0.397 e. The summed E-state index contributed by atoms with van der Waals surface area (Å²) in [5.41, 5.74) is 9.96. The predicted molar refractivity (Wildman–Crippen MR) is 79.7 cm³/mol. The first-order chi connectivity index (χ1) is 8.63. The molecule has 2 nitrogen and oxygen atoms in total. The van der Waals surface area contributed by atoms with Crippen LogP contribution in [0.15, 0.2) is 42.5 Å². The van der Waals surface area contributed by atoms with Gasteiger partial charge in [-0.3, -0.25) is 0 Å². The van der Waals surface area contributed by atoms with Gasteiger partial charge in [-0.05, 0) is 43.7 Å². The summed E-state index contributed by atoms with van der Waals surface area (Å²) in [5, 5.41) is 0.709. The van der Waals surface area contributed by atoms with Crippen molar-refractivity contribution in [1.82, 2.24) is 0 Å². The zero-order valence-electron chi connectivity index (χ0n) is 10.7. The van der Waals surface area contributed by atoms with Crippen LogP contribution >= 0.6 is 11.6 Å². The normalized spacial score (nSPS) is 10.4. The summed E-state index contributed by atoms with van der Waals surface area (Å²) >= 11 is 6.08. The maximum absolute atomic E-state index is 6.08.